The van der Waals surface area contributed by atoms with Gasteiger partial charge in [-0.25, -0.2) is 13.4 Å². The summed E-state index contributed by atoms with van der Waals surface area (Å²) < 4.78 is 27.1. The van der Waals surface area contributed by atoms with Gasteiger partial charge in [0.2, 0.25) is 0 Å². The van der Waals surface area contributed by atoms with Gasteiger partial charge >= 0.3 is 0 Å². The van der Waals surface area contributed by atoms with Gasteiger partial charge in [0.15, 0.2) is 0 Å². The van der Waals surface area contributed by atoms with Gasteiger partial charge in [-0.15, -0.1) is 0 Å². The maximum Gasteiger partial charge on any atom is 0.262 e. The van der Waals surface area contributed by atoms with Crippen molar-refractivity contribution in [1.29, 1.82) is 0 Å². The molecule has 106 valence electrons. The fourth-order valence-electron chi connectivity index (χ4n) is 1.70. The number of hydrogen-bond acceptors (Lipinski definition) is 3. The standard InChI is InChI=1S/C13H12Cl2N2O2S/c1-8-6-10(7-16-13(8)15)17-20(18,19)12-5-3-4-11(14)9(12)2/h3-7,17H,1-2H3. The fraction of sp³-hybridized carbons (Fsp3) is 0.154. The lowest BCUT2D eigenvalue weighted by Gasteiger charge is -2.11. The minimum absolute atomic E-state index is 0.137. The number of anilines is 1. The van der Waals surface area contributed by atoms with Crippen LogP contribution in [-0.4, -0.2) is 13.4 Å². The van der Waals surface area contributed by atoms with E-state index in [1.165, 1.54) is 12.3 Å². The second kappa shape index (κ2) is 5.60. The molecule has 0 spiro atoms. The van der Waals surface area contributed by atoms with Crippen molar-refractivity contribution in [1.82, 2.24) is 4.98 Å². The third-order valence-electron chi connectivity index (χ3n) is 2.77. The molecule has 0 saturated carbocycles. The van der Waals surface area contributed by atoms with Crippen LogP contribution in [0.1, 0.15) is 11.1 Å². The van der Waals surface area contributed by atoms with Gasteiger partial charge in [-0.1, -0.05) is 29.3 Å². The molecule has 0 aliphatic heterocycles. The minimum Gasteiger partial charge on any atom is -0.278 e. The average Bonchev–Trinajstić information content (AvgIpc) is 2.36. The van der Waals surface area contributed by atoms with Crippen LogP contribution in [0.25, 0.3) is 0 Å². The maximum absolute atomic E-state index is 12.3. The maximum atomic E-state index is 12.3. The second-order valence-corrected chi connectivity index (χ2v) is 6.72. The van der Waals surface area contributed by atoms with Crippen LogP contribution in [-0.2, 0) is 10.0 Å². The lowest BCUT2D eigenvalue weighted by molar-refractivity contribution is 0.600. The van der Waals surface area contributed by atoms with Gasteiger partial charge in [0.1, 0.15) is 5.15 Å². The molecule has 0 saturated heterocycles. The van der Waals surface area contributed by atoms with Crippen LogP contribution in [0, 0.1) is 13.8 Å². The van der Waals surface area contributed by atoms with E-state index in [1.807, 2.05) is 0 Å². The number of benzene rings is 1. The summed E-state index contributed by atoms with van der Waals surface area (Å²) in [5.74, 6) is 0. The van der Waals surface area contributed by atoms with Crippen LogP contribution in [0.2, 0.25) is 10.2 Å². The molecule has 4 nitrogen and oxygen atoms in total. The molecule has 7 heteroatoms. The molecule has 1 N–H and O–H groups in total. The fourth-order valence-corrected chi connectivity index (χ4v) is 3.34. The molecule has 0 unspecified atom stereocenters. The van der Waals surface area contributed by atoms with Crippen molar-refractivity contribution in [3.63, 3.8) is 0 Å². The van der Waals surface area contributed by atoms with E-state index in [4.69, 9.17) is 23.2 Å². The summed E-state index contributed by atoms with van der Waals surface area (Å²) in [6.45, 7) is 3.40. The summed E-state index contributed by atoms with van der Waals surface area (Å²) in [5.41, 5.74) is 1.54. The van der Waals surface area contributed by atoms with Crippen LogP contribution in [0.3, 0.4) is 0 Å². The molecule has 0 aliphatic carbocycles. The quantitative estimate of drug-likeness (QED) is 0.870. The van der Waals surface area contributed by atoms with E-state index in [0.29, 0.717) is 27.0 Å². The number of hydrogen-bond donors (Lipinski definition) is 1. The summed E-state index contributed by atoms with van der Waals surface area (Å²) in [4.78, 5) is 4.05. The van der Waals surface area contributed by atoms with Crippen LogP contribution >= 0.6 is 23.2 Å². The molecular formula is C13H12Cl2N2O2S. The molecule has 0 radical (unpaired) electrons. The van der Waals surface area contributed by atoms with Gasteiger partial charge in [0.25, 0.3) is 10.0 Å². The molecule has 0 bridgehead atoms. The molecule has 1 aromatic carbocycles. The monoisotopic (exact) mass is 330 g/mol. The van der Waals surface area contributed by atoms with Crippen molar-refractivity contribution in [2.45, 2.75) is 18.7 Å². The smallest absolute Gasteiger partial charge is 0.262 e. The summed E-state index contributed by atoms with van der Waals surface area (Å²) in [6.07, 6.45) is 1.37. The molecule has 2 aromatic rings. The Hall–Kier alpha value is -1.30. The van der Waals surface area contributed by atoms with E-state index in [-0.39, 0.29) is 4.90 Å². The molecule has 2 rings (SSSR count). The molecule has 0 fully saturated rings. The van der Waals surface area contributed by atoms with E-state index in [0.717, 1.165) is 0 Å². The number of aromatic nitrogens is 1. The first-order chi connectivity index (χ1) is 9.31. The molecular weight excluding hydrogens is 319 g/mol. The first-order valence-corrected chi connectivity index (χ1v) is 7.95. The Labute approximate surface area is 127 Å². The van der Waals surface area contributed by atoms with E-state index in [9.17, 15) is 8.42 Å². The Bertz CT molecular complexity index is 761. The van der Waals surface area contributed by atoms with Crippen molar-refractivity contribution < 1.29 is 8.42 Å². The Balaban J connectivity index is 2.41. The minimum atomic E-state index is -3.71. The van der Waals surface area contributed by atoms with Crippen LogP contribution in [0.15, 0.2) is 35.4 Å². The lowest BCUT2D eigenvalue weighted by atomic mass is 10.2. The Kier molecular flexibility index (Phi) is 4.22. The molecule has 1 aromatic heterocycles. The molecule has 0 amide bonds. The first-order valence-electron chi connectivity index (χ1n) is 5.71. The Morgan fingerprint density at radius 3 is 2.55 bits per heavy atom. The predicted octanol–water partition coefficient (Wildman–Crippen LogP) is 3.81. The SMILES string of the molecule is Cc1cc(NS(=O)(=O)c2cccc(Cl)c2C)cnc1Cl. The zero-order valence-corrected chi connectivity index (χ0v) is 13.1. The second-order valence-electron chi connectivity index (χ2n) is 4.30. The van der Waals surface area contributed by atoms with Gasteiger partial charge in [0, 0.05) is 5.02 Å². The van der Waals surface area contributed by atoms with Crippen LogP contribution in [0.5, 0.6) is 0 Å². The van der Waals surface area contributed by atoms with Crippen molar-refractivity contribution in [2.75, 3.05) is 4.72 Å². The van der Waals surface area contributed by atoms with Crippen molar-refractivity contribution in [3.8, 4) is 0 Å². The zero-order chi connectivity index (χ0) is 14.9. The highest BCUT2D eigenvalue weighted by Gasteiger charge is 2.18. The summed E-state index contributed by atoms with van der Waals surface area (Å²) in [6, 6.07) is 6.35. The van der Waals surface area contributed by atoms with Crippen LogP contribution in [0.4, 0.5) is 5.69 Å². The van der Waals surface area contributed by atoms with E-state index in [2.05, 4.69) is 9.71 Å². The predicted molar refractivity (Wildman–Crippen MR) is 81.0 cm³/mol. The lowest BCUT2D eigenvalue weighted by Crippen LogP contribution is -2.14. The van der Waals surface area contributed by atoms with Gasteiger partial charge in [-0.05, 0) is 43.2 Å². The highest BCUT2D eigenvalue weighted by Crippen LogP contribution is 2.25. The van der Waals surface area contributed by atoms with Gasteiger partial charge < -0.3 is 0 Å². The number of aryl methyl sites for hydroxylation is 1. The highest BCUT2D eigenvalue weighted by atomic mass is 35.5. The number of nitrogens with one attached hydrogen (secondary N) is 1. The molecule has 0 atom stereocenters. The molecule has 20 heavy (non-hydrogen) atoms. The van der Waals surface area contributed by atoms with Crippen molar-refractivity contribution in [2.24, 2.45) is 0 Å². The number of halogens is 2. The average molecular weight is 331 g/mol. The van der Waals surface area contributed by atoms with Gasteiger partial charge in [-0.2, -0.15) is 0 Å². The summed E-state index contributed by atoms with van der Waals surface area (Å²) in [7, 11) is -3.71. The van der Waals surface area contributed by atoms with E-state index < -0.39 is 10.0 Å². The first kappa shape index (κ1) is 15.1. The molecule has 1 heterocycles. The molecule has 0 aliphatic rings. The van der Waals surface area contributed by atoms with Gasteiger partial charge in [0.05, 0.1) is 16.8 Å². The highest BCUT2D eigenvalue weighted by molar-refractivity contribution is 7.92. The van der Waals surface area contributed by atoms with Crippen molar-refractivity contribution in [3.05, 3.63) is 51.8 Å². The third-order valence-corrected chi connectivity index (χ3v) is 5.10. The number of rotatable bonds is 3. The van der Waals surface area contributed by atoms with E-state index in [1.54, 1.807) is 32.0 Å². The van der Waals surface area contributed by atoms with Crippen LogP contribution < -0.4 is 4.72 Å². The summed E-state index contributed by atoms with van der Waals surface area (Å²) >= 11 is 11.8. The normalized spacial score (nSPS) is 11.4. The van der Waals surface area contributed by atoms with Gasteiger partial charge in [-0.3, -0.25) is 4.72 Å². The number of pyridine rings is 1. The zero-order valence-electron chi connectivity index (χ0n) is 10.8. The largest absolute Gasteiger partial charge is 0.278 e. The Morgan fingerprint density at radius 2 is 1.90 bits per heavy atom. The number of nitrogens with zero attached hydrogens (tertiary/aromatic N) is 1. The Morgan fingerprint density at radius 1 is 1.20 bits per heavy atom. The summed E-state index contributed by atoms with van der Waals surface area (Å²) in [5, 5.41) is 0.741. The van der Waals surface area contributed by atoms with E-state index >= 15 is 0 Å². The number of sulfonamides is 1. The third kappa shape index (κ3) is 3.06. The topological polar surface area (TPSA) is 59.1 Å². The van der Waals surface area contributed by atoms with Crippen molar-refractivity contribution >= 4 is 38.9 Å².